The van der Waals surface area contributed by atoms with Gasteiger partial charge in [0.15, 0.2) is 0 Å². The molecule has 0 bridgehead atoms. The SMILES string of the molecule is CNc1nc(NCCCS(C)(=O)=O)nc(-n2ccnc2)n1. The fraction of sp³-hybridized carbons (Fsp3) is 0.455. The van der Waals surface area contributed by atoms with Crippen molar-refractivity contribution in [2.24, 2.45) is 0 Å². The summed E-state index contributed by atoms with van der Waals surface area (Å²) in [7, 11) is -1.24. The van der Waals surface area contributed by atoms with E-state index in [1.165, 1.54) is 6.26 Å². The van der Waals surface area contributed by atoms with Crippen LogP contribution in [0.5, 0.6) is 0 Å². The van der Waals surface area contributed by atoms with Gasteiger partial charge in [-0.15, -0.1) is 0 Å². The van der Waals surface area contributed by atoms with Crippen LogP contribution in [0.1, 0.15) is 6.42 Å². The smallest absolute Gasteiger partial charge is 0.241 e. The summed E-state index contributed by atoms with van der Waals surface area (Å²) < 4.78 is 23.8. The predicted molar refractivity (Wildman–Crippen MR) is 79.3 cm³/mol. The van der Waals surface area contributed by atoms with Crippen LogP contribution in [0.4, 0.5) is 11.9 Å². The molecule has 0 radical (unpaired) electrons. The van der Waals surface area contributed by atoms with Crippen molar-refractivity contribution in [2.75, 3.05) is 36.2 Å². The molecule has 0 amide bonds. The zero-order valence-corrected chi connectivity index (χ0v) is 12.6. The molecule has 0 aliphatic rings. The molecule has 2 aromatic heterocycles. The molecule has 2 heterocycles. The number of nitrogens with one attached hydrogen (secondary N) is 2. The van der Waals surface area contributed by atoms with Crippen molar-refractivity contribution in [3.05, 3.63) is 18.7 Å². The van der Waals surface area contributed by atoms with Crippen LogP contribution in [0.2, 0.25) is 0 Å². The molecule has 0 saturated heterocycles. The van der Waals surface area contributed by atoms with Crippen molar-refractivity contribution in [2.45, 2.75) is 6.42 Å². The Kier molecular flexibility index (Phi) is 4.68. The van der Waals surface area contributed by atoms with Gasteiger partial charge in [-0.3, -0.25) is 4.57 Å². The third kappa shape index (κ3) is 4.67. The van der Waals surface area contributed by atoms with Crippen LogP contribution < -0.4 is 10.6 Å². The lowest BCUT2D eigenvalue weighted by atomic mass is 10.5. The highest BCUT2D eigenvalue weighted by atomic mass is 32.2. The molecule has 0 aliphatic heterocycles. The zero-order chi connectivity index (χ0) is 15.3. The molecule has 0 aromatic carbocycles. The van der Waals surface area contributed by atoms with E-state index in [0.29, 0.717) is 30.8 Å². The minimum absolute atomic E-state index is 0.123. The van der Waals surface area contributed by atoms with Gasteiger partial charge in [-0.1, -0.05) is 0 Å². The number of rotatable bonds is 7. The van der Waals surface area contributed by atoms with Crippen LogP contribution in [0.3, 0.4) is 0 Å². The van der Waals surface area contributed by atoms with Gasteiger partial charge in [0.2, 0.25) is 17.8 Å². The van der Waals surface area contributed by atoms with Gasteiger partial charge < -0.3 is 10.6 Å². The predicted octanol–water partition coefficient (Wildman–Crippen LogP) is -0.0544. The third-order valence-electron chi connectivity index (χ3n) is 2.56. The van der Waals surface area contributed by atoms with Crippen molar-refractivity contribution in [1.29, 1.82) is 0 Å². The molecule has 0 atom stereocenters. The van der Waals surface area contributed by atoms with Gasteiger partial charge >= 0.3 is 0 Å². The van der Waals surface area contributed by atoms with Gasteiger partial charge in [0, 0.05) is 32.2 Å². The van der Waals surface area contributed by atoms with Gasteiger partial charge in [-0.2, -0.15) is 15.0 Å². The van der Waals surface area contributed by atoms with Crippen LogP contribution >= 0.6 is 0 Å². The maximum atomic E-state index is 11.1. The van der Waals surface area contributed by atoms with Gasteiger partial charge in [0.05, 0.1) is 5.75 Å². The average Bonchev–Trinajstić information content (AvgIpc) is 2.96. The number of aromatic nitrogens is 5. The maximum Gasteiger partial charge on any atom is 0.241 e. The number of imidazole rings is 1. The van der Waals surface area contributed by atoms with E-state index < -0.39 is 9.84 Å². The van der Waals surface area contributed by atoms with E-state index in [1.807, 2.05) is 0 Å². The van der Waals surface area contributed by atoms with Crippen molar-refractivity contribution < 1.29 is 8.42 Å². The molecule has 2 rings (SSSR count). The first-order valence-electron chi connectivity index (χ1n) is 6.32. The first-order chi connectivity index (χ1) is 9.98. The monoisotopic (exact) mass is 311 g/mol. The van der Waals surface area contributed by atoms with E-state index in [1.54, 1.807) is 30.3 Å². The first-order valence-corrected chi connectivity index (χ1v) is 8.38. The second-order valence-electron chi connectivity index (χ2n) is 4.41. The molecule has 9 nitrogen and oxygen atoms in total. The Morgan fingerprint density at radius 2 is 2.00 bits per heavy atom. The largest absolute Gasteiger partial charge is 0.357 e. The summed E-state index contributed by atoms with van der Waals surface area (Å²) in [5.74, 6) is 1.35. The Morgan fingerprint density at radius 1 is 1.24 bits per heavy atom. The molecule has 10 heteroatoms. The summed E-state index contributed by atoms with van der Waals surface area (Å²) in [6, 6.07) is 0. The quantitative estimate of drug-likeness (QED) is 0.684. The Labute approximate surface area is 122 Å². The summed E-state index contributed by atoms with van der Waals surface area (Å²) in [6.45, 7) is 0.462. The minimum Gasteiger partial charge on any atom is -0.357 e. The lowest BCUT2D eigenvalue weighted by molar-refractivity contribution is 0.600. The lowest BCUT2D eigenvalue weighted by Gasteiger charge is -2.08. The van der Waals surface area contributed by atoms with E-state index in [-0.39, 0.29) is 5.75 Å². The molecule has 0 spiro atoms. The molecule has 0 aliphatic carbocycles. The highest BCUT2D eigenvalue weighted by Crippen LogP contribution is 2.08. The fourth-order valence-corrected chi connectivity index (χ4v) is 2.25. The molecule has 2 N–H and O–H groups in total. The van der Waals surface area contributed by atoms with Gasteiger partial charge in [0.1, 0.15) is 16.2 Å². The van der Waals surface area contributed by atoms with E-state index >= 15 is 0 Å². The zero-order valence-electron chi connectivity index (χ0n) is 11.8. The van der Waals surface area contributed by atoms with Crippen LogP contribution in [0.15, 0.2) is 18.7 Å². The second-order valence-corrected chi connectivity index (χ2v) is 6.67. The summed E-state index contributed by atoms with van der Waals surface area (Å²) in [4.78, 5) is 16.6. The van der Waals surface area contributed by atoms with Gasteiger partial charge in [0.25, 0.3) is 0 Å². The Hall–Kier alpha value is -2.23. The average molecular weight is 311 g/mol. The van der Waals surface area contributed by atoms with E-state index in [4.69, 9.17) is 0 Å². The summed E-state index contributed by atoms with van der Waals surface area (Å²) >= 11 is 0. The molecule has 0 unspecified atom stereocenters. The van der Waals surface area contributed by atoms with Gasteiger partial charge in [-0.25, -0.2) is 13.4 Å². The highest BCUT2D eigenvalue weighted by Gasteiger charge is 2.07. The van der Waals surface area contributed by atoms with E-state index in [0.717, 1.165) is 0 Å². The minimum atomic E-state index is -2.95. The molecular formula is C11H17N7O2S. The molecule has 0 saturated carbocycles. The second kappa shape index (κ2) is 6.48. The van der Waals surface area contributed by atoms with Crippen molar-refractivity contribution in [3.63, 3.8) is 0 Å². The van der Waals surface area contributed by atoms with Crippen molar-refractivity contribution in [3.8, 4) is 5.95 Å². The molecule has 114 valence electrons. The lowest BCUT2D eigenvalue weighted by Crippen LogP contribution is -2.14. The summed E-state index contributed by atoms with van der Waals surface area (Å²) in [5, 5.41) is 5.85. The van der Waals surface area contributed by atoms with Crippen LogP contribution in [-0.2, 0) is 9.84 Å². The standard InChI is InChI=1S/C11H17N7O2S/c1-12-9-15-10(14-4-3-7-21(2,19)20)17-11(16-9)18-6-5-13-8-18/h5-6,8H,3-4,7H2,1-2H3,(H2,12,14,15,16,17). The maximum absolute atomic E-state index is 11.1. The first kappa shape index (κ1) is 15.2. The van der Waals surface area contributed by atoms with Crippen molar-refractivity contribution >= 4 is 21.7 Å². The number of hydrogen-bond acceptors (Lipinski definition) is 8. The molecular weight excluding hydrogens is 294 g/mol. The highest BCUT2D eigenvalue weighted by molar-refractivity contribution is 7.90. The van der Waals surface area contributed by atoms with Crippen molar-refractivity contribution in [1.82, 2.24) is 24.5 Å². The number of hydrogen-bond donors (Lipinski definition) is 2. The van der Waals surface area contributed by atoms with Crippen LogP contribution in [0.25, 0.3) is 5.95 Å². The van der Waals surface area contributed by atoms with E-state index in [9.17, 15) is 8.42 Å². The Bertz CT molecular complexity index is 685. The third-order valence-corrected chi connectivity index (χ3v) is 3.59. The molecule has 21 heavy (non-hydrogen) atoms. The topological polar surface area (TPSA) is 115 Å². The molecule has 0 fully saturated rings. The Morgan fingerprint density at radius 3 is 2.62 bits per heavy atom. The van der Waals surface area contributed by atoms with E-state index in [2.05, 4.69) is 30.6 Å². The Balaban J connectivity index is 2.07. The fourth-order valence-electron chi connectivity index (χ4n) is 1.58. The number of sulfone groups is 1. The van der Waals surface area contributed by atoms with Crippen LogP contribution in [0, 0.1) is 0 Å². The summed E-state index contributed by atoms with van der Waals surface area (Å²) in [6.07, 6.45) is 6.64. The summed E-state index contributed by atoms with van der Waals surface area (Å²) in [5.41, 5.74) is 0. The molecule has 2 aromatic rings. The number of anilines is 2. The normalized spacial score (nSPS) is 11.3. The van der Waals surface area contributed by atoms with Crippen LogP contribution in [-0.4, -0.2) is 58.5 Å². The number of nitrogens with zero attached hydrogens (tertiary/aromatic N) is 5. The van der Waals surface area contributed by atoms with Gasteiger partial charge in [-0.05, 0) is 6.42 Å².